The lowest BCUT2D eigenvalue weighted by Gasteiger charge is -2.20. The first kappa shape index (κ1) is 15.2. The monoisotopic (exact) mass is 316 g/mol. The number of amides is 1. The van der Waals surface area contributed by atoms with Crippen LogP contribution in [0.1, 0.15) is 32.1 Å². The van der Waals surface area contributed by atoms with Crippen molar-refractivity contribution in [1.29, 1.82) is 0 Å². The highest BCUT2D eigenvalue weighted by atomic mass is 16.6. The zero-order valence-corrected chi connectivity index (χ0v) is 12.4. The molecule has 7 nitrogen and oxygen atoms in total. The van der Waals surface area contributed by atoms with E-state index in [0.717, 1.165) is 32.1 Å². The summed E-state index contributed by atoms with van der Waals surface area (Å²) in [6.45, 7) is 0. The summed E-state index contributed by atoms with van der Waals surface area (Å²) in [5, 5.41) is 13.8. The Morgan fingerprint density at radius 2 is 1.96 bits per heavy atom. The molecule has 3 rings (SSSR count). The zero-order valence-electron chi connectivity index (χ0n) is 12.4. The van der Waals surface area contributed by atoms with Gasteiger partial charge in [-0.25, -0.2) is 4.79 Å². The quantitative estimate of drug-likeness (QED) is 0.532. The first-order valence-electron chi connectivity index (χ1n) is 7.58. The molecule has 0 unspecified atom stereocenters. The number of hydrogen-bond donors (Lipinski definition) is 1. The number of fused-ring (bicyclic) bond motifs is 1. The zero-order chi connectivity index (χ0) is 16.4. The van der Waals surface area contributed by atoms with Crippen LogP contribution in [-0.4, -0.2) is 10.8 Å². The second-order valence-corrected chi connectivity index (χ2v) is 5.75. The number of benzene rings is 1. The molecule has 1 aliphatic carbocycles. The lowest BCUT2D eigenvalue weighted by Crippen LogP contribution is -2.27. The van der Waals surface area contributed by atoms with Gasteiger partial charge in [0.1, 0.15) is 11.3 Å². The van der Waals surface area contributed by atoms with Gasteiger partial charge in [-0.3, -0.25) is 14.9 Å². The first-order chi connectivity index (χ1) is 11.0. The van der Waals surface area contributed by atoms with Crippen molar-refractivity contribution in [3.05, 3.63) is 44.8 Å². The van der Waals surface area contributed by atoms with E-state index in [-0.39, 0.29) is 28.8 Å². The Morgan fingerprint density at radius 1 is 1.22 bits per heavy atom. The molecule has 2 aromatic rings. The Morgan fingerprint density at radius 3 is 2.65 bits per heavy atom. The number of hydrogen-bond acceptors (Lipinski definition) is 5. The van der Waals surface area contributed by atoms with Gasteiger partial charge in [0.2, 0.25) is 5.91 Å². The number of carbonyl (C=O) groups excluding carboxylic acids is 1. The molecule has 0 spiro atoms. The normalized spacial score (nSPS) is 15.5. The van der Waals surface area contributed by atoms with Crippen LogP contribution in [0.5, 0.6) is 0 Å². The summed E-state index contributed by atoms with van der Waals surface area (Å²) in [5.74, 6) is -0.286. The van der Waals surface area contributed by atoms with Crippen LogP contribution in [0, 0.1) is 16.0 Å². The molecule has 1 aromatic heterocycles. The van der Waals surface area contributed by atoms with Gasteiger partial charge in [-0.1, -0.05) is 19.3 Å². The van der Waals surface area contributed by atoms with E-state index in [9.17, 15) is 19.7 Å². The summed E-state index contributed by atoms with van der Waals surface area (Å²) < 4.78 is 5.12. The van der Waals surface area contributed by atoms with E-state index in [1.165, 1.54) is 24.3 Å². The van der Waals surface area contributed by atoms with Crippen LogP contribution in [-0.2, 0) is 4.79 Å². The van der Waals surface area contributed by atoms with Crippen LogP contribution in [0.2, 0.25) is 0 Å². The molecule has 0 saturated heterocycles. The number of nitro groups is 1. The van der Waals surface area contributed by atoms with Crippen molar-refractivity contribution in [3.8, 4) is 0 Å². The van der Waals surface area contributed by atoms with Crippen LogP contribution in [0.15, 0.2) is 33.5 Å². The van der Waals surface area contributed by atoms with Gasteiger partial charge < -0.3 is 9.73 Å². The lowest BCUT2D eigenvalue weighted by molar-refractivity contribution is -0.384. The number of anilines is 1. The predicted molar refractivity (Wildman–Crippen MR) is 84.3 cm³/mol. The minimum absolute atomic E-state index is 0.0218. The maximum atomic E-state index is 12.2. The molecule has 1 heterocycles. The van der Waals surface area contributed by atoms with E-state index in [2.05, 4.69) is 5.32 Å². The summed E-state index contributed by atoms with van der Waals surface area (Å²) in [7, 11) is 0. The molecular weight excluding hydrogens is 300 g/mol. The highest BCUT2D eigenvalue weighted by Crippen LogP contribution is 2.26. The smallest absolute Gasteiger partial charge is 0.360 e. The molecule has 23 heavy (non-hydrogen) atoms. The van der Waals surface area contributed by atoms with Crippen LogP contribution < -0.4 is 10.9 Å². The summed E-state index contributed by atoms with van der Waals surface area (Å²) in [6, 6.07) is 5.39. The highest BCUT2D eigenvalue weighted by molar-refractivity contribution is 5.94. The van der Waals surface area contributed by atoms with E-state index in [4.69, 9.17) is 4.42 Å². The molecule has 1 amide bonds. The van der Waals surface area contributed by atoms with Gasteiger partial charge in [0.15, 0.2) is 0 Å². The predicted octanol–water partition coefficient (Wildman–Crippen LogP) is 3.22. The fourth-order valence-electron chi connectivity index (χ4n) is 2.91. The largest absolute Gasteiger partial charge is 0.421 e. The summed E-state index contributed by atoms with van der Waals surface area (Å²) in [4.78, 5) is 34.5. The number of carbonyl (C=O) groups is 1. The minimum Gasteiger partial charge on any atom is -0.421 e. The van der Waals surface area contributed by atoms with Gasteiger partial charge in [-0.15, -0.1) is 0 Å². The summed E-state index contributed by atoms with van der Waals surface area (Å²) in [6.07, 6.45) is 4.78. The van der Waals surface area contributed by atoms with Gasteiger partial charge in [0.05, 0.1) is 4.92 Å². The van der Waals surface area contributed by atoms with E-state index in [1.54, 1.807) is 0 Å². The van der Waals surface area contributed by atoms with Crippen LogP contribution in [0.25, 0.3) is 11.0 Å². The molecule has 0 atom stereocenters. The van der Waals surface area contributed by atoms with Gasteiger partial charge in [0.25, 0.3) is 5.69 Å². The number of nitrogens with zero attached hydrogens (tertiary/aromatic N) is 1. The molecule has 0 aliphatic heterocycles. The highest BCUT2D eigenvalue weighted by Gasteiger charge is 2.22. The van der Waals surface area contributed by atoms with Crippen molar-refractivity contribution < 1.29 is 14.1 Å². The van der Waals surface area contributed by atoms with Gasteiger partial charge in [-0.05, 0) is 25.0 Å². The first-order valence-corrected chi connectivity index (χ1v) is 7.58. The molecule has 1 aromatic carbocycles. The van der Waals surface area contributed by atoms with Crippen molar-refractivity contribution in [2.75, 3.05) is 5.32 Å². The summed E-state index contributed by atoms with van der Waals surface area (Å²) >= 11 is 0. The van der Waals surface area contributed by atoms with Crippen molar-refractivity contribution in [1.82, 2.24) is 0 Å². The van der Waals surface area contributed by atoms with Crippen molar-refractivity contribution in [2.45, 2.75) is 32.1 Å². The van der Waals surface area contributed by atoms with E-state index >= 15 is 0 Å². The molecule has 120 valence electrons. The second kappa shape index (κ2) is 6.20. The maximum absolute atomic E-state index is 12.2. The molecule has 1 aliphatic rings. The van der Waals surface area contributed by atoms with E-state index < -0.39 is 10.5 Å². The Balaban J connectivity index is 1.90. The van der Waals surface area contributed by atoms with Crippen molar-refractivity contribution in [3.63, 3.8) is 0 Å². The average Bonchev–Trinajstić information content (AvgIpc) is 2.55. The molecule has 0 bridgehead atoms. The Kier molecular flexibility index (Phi) is 4.10. The fourth-order valence-corrected chi connectivity index (χ4v) is 2.91. The molecular formula is C16H16N2O5. The molecule has 1 saturated carbocycles. The van der Waals surface area contributed by atoms with Crippen LogP contribution in [0.3, 0.4) is 0 Å². The Labute approximate surface area is 131 Å². The van der Waals surface area contributed by atoms with Crippen LogP contribution in [0.4, 0.5) is 11.4 Å². The van der Waals surface area contributed by atoms with Crippen molar-refractivity contribution in [2.24, 2.45) is 5.92 Å². The topological polar surface area (TPSA) is 102 Å². The van der Waals surface area contributed by atoms with Gasteiger partial charge in [-0.2, -0.15) is 0 Å². The fraction of sp³-hybridized carbons (Fsp3) is 0.375. The van der Waals surface area contributed by atoms with Crippen LogP contribution >= 0.6 is 0 Å². The molecule has 7 heteroatoms. The van der Waals surface area contributed by atoms with Crippen molar-refractivity contribution >= 4 is 28.3 Å². The standard InChI is InChI=1S/C16H16N2O5/c19-15(10-4-2-1-3-5-10)17-13-9-11-8-12(18(21)22)6-7-14(11)23-16(13)20/h6-10H,1-5H2,(H,17,19). The minimum atomic E-state index is -0.657. The molecule has 0 radical (unpaired) electrons. The SMILES string of the molecule is O=C(Nc1cc2cc([N+](=O)[O-])ccc2oc1=O)C1CCCCC1. The summed E-state index contributed by atoms with van der Waals surface area (Å²) in [5.41, 5.74) is -0.490. The molecule has 1 N–H and O–H groups in total. The lowest BCUT2D eigenvalue weighted by atomic mass is 9.88. The third-order valence-corrected chi connectivity index (χ3v) is 4.16. The van der Waals surface area contributed by atoms with E-state index in [1.807, 2.05) is 0 Å². The maximum Gasteiger partial charge on any atom is 0.360 e. The number of nitro benzene ring substituents is 1. The number of rotatable bonds is 3. The third kappa shape index (κ3) is 3.23. The Bertz CT molecular complexity index is 821. The third-order valence-electron chi connectivity index (χ3n) is 4.16. The number of non-ortho nitro benzene ring substituents is 1. The average molecular weight is 316 g/mol. The molecule has 1 fully saturated rings. The van der Waals surface area contributed by atoms with Gasteiger partial charge >= 0.3 is 5.63 Å². The number of nitrogens with one attached hydrogen (secondary N) is 1. The van der Waals surface area contributed by atoms with Gasteiger partial charge in [0, 0.05) is 23.4 Å². The second-order valence-electron chi connectivity index (χ2n) is 5.75. The van der Waals surface area contributed by atoms with E-state index in [0.29, 0.717) is 5.39 Å². The Hall–Kier alpha value is -2.70.